The van der Waals surface area contributed by atoms with Gasteiger partial charge in [-0.3, -0.25) is 4.79 Å². The molecule has 0 aromatic rings. The van der Waals surface area contributed by atoms with Gasteiger partial charge >= 0.3 is 0 Å². The topological polar surface area (TPSA) is 336 Å². The lowest BCUT2D eigenvalue weighted by atomic mass is 9.94. The molecule has 4 heterocycles. The zero-order chi connectivity index (χ0) is 34.9. The van der Waals surface area contributed by atoms with Crippen LogP contribution >= 0.6 is 0 Å². The van der Waals surface area contributed by atoms with Crippen molar-refractivity contribution in [1.82, 2.24) is 5.32 Å². The minimum absolute atomic E-state index is 0.752. The lowest BCUT2D eigenvalue weighted by molar-refractivity contribution is -0.386. The molecule has 20 atom stereocenters. The van der Waals surface area contributed by atoms with Crippen LogP contribution in [0.1, 0.15) is 13.8 Å². The molecule has 0 aliphatic carbocycles. The molecule has 47 heavy (non-hydrogen) atoms. The van der Waals surface area contributed by atoms with Gasteiger partial charge in [0, 0.05) is 6.92 Å². The monoisotopic (exact) mass is 691 g/mol. The molecule has 21 heteroatoms. The van der Waals surface area contributed by atoms with E-state index in [1.165, 1.54) is 6.92 Å². The Bertz CT molecular complexity index is 1010. The molecule has 4 aliphatic rings. The fourth-order valence-corrected chi connectivity index (χ4v) is 5.86. The molecule has 0 saturated carbocycles. The summed E-state index contributed by atoms with van der Waals surface area (Å²) in [4.78, 5) is 12.3. The van der Waals surface area contributed by atoms with Gasteiger partial charge in [0.15, 0.2) is 25.2 Å². The van der Waals surface area contributed by atoms with Crippen molar-refractivity contribution < 1.29 is 99.2 Å². The van der Waals surface area contributed by atoms with Gasteiger partial charge in [-0.2, -0.15) is 0 Å². The molecule has 4 aliphatic heterocycles. The third-order valence-corrected chi connectivity index (χ3v) is 8.57. The average molecular weight is 692 g/mol. The Balaban J connectivity index is 1.65. The van der Waals surface area contributed by atoms with Crippen LogP contribution in [0.5, 0.6) is 0 Å². The Morgan fingerprint density at radius 2 is 1.00 bits per heavy atom. The first-order valence-corrected chi connectivity index (χ1v) is 15.0. The van der Waals surface area contributed by atoms with Gasteiger partial charge in [0.1, 0.15) is 91.5 Å². The van der Waals surface area contributed by atoms with Crippen LogP contribution in [-0.4, -0.2) is 210 Å². The summed E-state index contributed by atoms with van der Waals surface area (Å²) >= 11 is 0. The van der Waals surface area contributed by atoms with E-state index in [1.807, 2.05) is 0 Å². The van der Waals surface area contributed by atoms with E-state index >= 15 is 0 Å². The molecule has 0 spiro atoms. The number of carbonyl (C=O) groups is 1. The predicted molar refractivity (Wildman–Crippen MR) is 144 cm³/mol. The van der Waals surface area contributed by atoms with Gasteiger partial charge in [-0.15, -0.1) is 0 Å². The third kappa shape index (κ3) is 8.04. The maximum atomic E-state index is 12.3. The second kappa shape index (κ2) is 16.2. The number of aliphatic hydroxyl groups is 12. The second-order valence-electron chi connectivity index (χ2n) is 11.9. The smallest absolute Gasteiger partial charge is 0.217 e. The molecular weight excluding hydrogens is 646 g/mol. The van der Waals surface area contributed by atoms with Gasteiger partial charge in [-0.05, 0) is 6.92 Å². The normalized spacial score (nSPS) is 51.0. The van der Waals surface area contributed by atoms with Crippen LogP contribution < -0.4 is 5.32 Å². The van der Waals surface area contributed by atoms with Crippen LogP contribution in [0, 0.1) is 0 Å². The van der Waals surface area contributed by atoms with E-state index in [4.69, 9.17) is 33.2 Å². The molecule has 0 aromatic heterocycles. The number of aliphatic hydroxyl groups excluding tert-OH is 12. The molecular formula is C26H45NO20. The summed E-state index contributed by atoms with van der Waals surface area (Å²) in [5.41, 5.74) is 0. The molecule has 21 nitrogen and oxygen atoms in total. The van der Waals surface area contributed by atoms with Crippen molar-refractivity contribution in [3.8, 4) is 0 Å². The highest BCUT2D eigenvalue weighted by atomic mass is 16.8. The molecule has 1 amide bonds. The molecule has 0 radical (unpaired) electrons. The number of carbonyl (C=O) groups excluding carboxylic acids is 1. The summed E-state index contributed by atoms with van der Waals surface area (Å²) < 4.78 is 39.1. The highest BCUT2D eigenvalue weighted by Crippen LogP contribution is 2.34. The van der Waals surface area contributed by atoms with Crippen molar-refractivity contribution in [2.45, 2.75) is 137 Å². The molecule has 13 N–H and O–H groups in total. The summed E-state index contributed by atoms with van der Waals surface area (Å²) in [7, 11) is 0. The number of ether oxygens (including phenoxy) is 7. The van der Waals surface area contributed by atoms with E-state index in [9.17, 15) is 66.1 Å². The average Bonchev–Trinajstić information content (AvgIpc) is 3.04. The third-order valence-electron chi connectivity index (χ3n) is 8.57. The number of amides is 1. The molecule has 274 valence electrons. The first-order chi connectivity index (χ1) is 22.1. The maximum Gasteiger partial charge on any atom is 0.217 e. The van der Waals surface area contributed by atoms with Gasteiger partial charge in [-0.1, -0.05) is 0 Å². The van der Waals surface area contributed by atoms with E-state index in [-0.39, 0.29) is 0 Å². The largest absolute Gasteiger partial charge is 0.394 e. The Hall–Kier alpha value is -1.29. The summed E-state index contributed by atoms with van der Waals surface area (Å²) in [6, 6.07) is -1.59. The van der Waals surface area contributed by atoms with E-state index in [0.717, 1.165) is 6.92 Å². The SMILES string of the molecule is CC(=O)N[C@H]1[C@@H](O[C@H]2[C@@H](O)[C@@H](CO)OC(O)[C@@H]2O[C@@H]2O[C@@H](C)[C@@H](O)[C@@H](O)[C@@H]2O)O[C@H](CO)[C@H](O)[C@@H]1O[C@@H]1O[C@H](CO)[C@H](O)[C@H](O)[C@H]1O. The summed E-state index contributed by atoms with van der Waals surface area (Å²) in [6.45, 7) is -0.126. The fourth-order valence-electron chi connectivity index (χ4n) is 5.86. The lowest BCUT2D eigenvalue weighted by Crippen LogP contribution is -2.70. The van der Waals surface area contributed by atoms with Crippen LogP contribution in [0.4, 0.5) is 0 Å². The first-order valence-electron chi connectivity index (χ1n) is 15.0. The predicted octanol–water partition coefficient (Wildman–Crippen LogP) is -8.58. The van der Waals surface area contributed by atoms with Crippen LogP contribution in [0.25, 0.3) is 0 Å². The molecule has 1 unspecified atom stereocenters. The van der Waals surface area contributed by atoms with Gasteiger partial charge in [-0.25, -0.2) is 0 Å². The molecule has 4 fully saturated rings. The Labute approximate surface area is 267 Å². The van der Waals surface area contributed by atoms with Crippen LogP contribution in [-0.2, 0) is 38.0 Å². The first kappa shape index (κ1) is 38.5. The van der Waals surface area contributed by atoms with Crippen molar-refractivity contribution >= 4 is 5.91 Å². The fraction of sp³-hybridized carbons (Fsp3) is 0.962. The zero-order valence-electron chi connectivity index (χ0n) is 25.3. The van der Waals surface area contributed by atoms with E-state index in [0.29, 0.717) is 0 Å². The van der Waals surface area contributed by atoms with Crippen LogP contribution in [0.2, 0.25) is 0 Å². The molecule has 4 rings (SSSR count). The second-order valence-corrected chi connectivity index (χ2v) is 11.9. The van der Waals surface area contributed by atoms with E-state index < -0.39 is 148 Å². The Kier molecular flexibility index (Phi) is 13.2. The quantitative estimate of drug-likeness (QED) is 0.101. The van der Waals surface area contributed by atoms with Crippen molar-refractivity contribution in [2.75, 3.05) is 19.8 Å². The van der Waals surface area contributed by atoms with Gasteiger partial charge < -0.3 is 99.8 Å². The standard InChI is InChI=1S/C26H45NO20/c1-6-12(32)16(36)18(38)25(41-6)47-22-21(15(35)9(4-29)42-23(22)40)46-24-11(27-7(2)31)20(14(34)10(5-30)43-24)45-26-19(39)17(37)13(33)8(3-28)44-26/h6,8-26,28-30,32-40H,3-5H2,1-2H3,(H,27,31)/t6-,8+,9+,10+,11+,12+,13-,14-,15-,16+,17-,18-,19+,20+,21-,22+,23?,24+,25-,26-/m0/s1. The lowest BCUT2D eigenvalue weighted by Gasteiger charge is -2.50. The highest BCUT2D eigenvalue weighted by molar-refractivity contribution is 5.73. The molecule has 0 bridgehead atoms. The summed E-state index contributed by atoms with van der Waals surface area (Å²) in [5, 5.41) is 126. The number of rotatable bonds is 10. The summed E-state index contributed by atoms with van der Waals surface area (Å²) in [5.74, 6) is -0.752. The molecule has 0 aromatic carbocycles. The zero-order valence-corrected chi connectivity index (χ0v) is 25.3. The van der Waals surface area contributed by atoms with E-state index in [1.54, 1.807) is 0 Å². The van der Waals surface area contributed by atoms with Gasteiger partial charge in [0.25, 0.3) is 0 Å². The highest BCUT2D eigenvalue weighted by Gasteiger charge is 2.56. The van der Waals surface area contributed by atoms with Crippen molar-refractivity contribution in [3.05, 3.63) is 0 Å². The van der Waals surface area contributed by atoms with Gasteiger partial charge in [0.2, 0.25) is 5.91 Å². The van der Waals surface area contributed by atoms with Crippen LogP contribution in [0.15, 0.2) is 0 Å². The van der Waals surface area contributed by atoms with E-state index in [2.05, 4.69) is 5.32 Å². The van der Waals surface area contributed by atoms with Crippen molar-refractivity contribution in [2.24, 2.45) is 0 Å². The summed E-state index contributed by atoms with van der Waals surface area (Å²) in [6.07, 6.45) is -32.5. The van der Waals surface area contributed by atoms with Gasteiger partial charge in [0.05, 0.1) is 25.9 Å². The molecule has 4 saturated heterocycles. The van der Waals surface area contributed by atoms with Crippen LogP contribution in [0.3, 0.4) is 0 Å². The number of hydrogen-bond donors (Lipinski definition) is 13. The Morgan fingerprint density at radius 3 is 1.57 bits per heavy atom. The minimum Gasteiger partial charge on any atom is -0.394 e. The Morgan fingerprint density at radius 1 is 0.553 bits per heavy atom. The minimum atomic E-state index is -2.00. The van der Waals surface area contributed by atoms with Crippen molar-refractivity contribution in [3.63, 3.8) is 0 Å². The van der Waals surface area contributed by atoms with Crippen molar-refractivity contribution in [1.29, 1.82) is 0 Å². The maximum absolute atomic E-state index is 12.3. The number of hydrogen-bond acceptors (Lipinski definition) is 20. The number of nitrogens with one attached hydrogen (secondary N) is 1.